The van der Waals surface area contributed by atoms with Crippen molar-refractivity contribution in [3.8, 4) is 11.5 Å². The lowest BCUT2D eigenvalue weighted by Crippen LogP contribution is -1.95. The first-order valence-corrected chi connectivity index (χ1v) is 4.59. The summed E-state index contributed by atoms with van der Waals surface area (Å²) in [6, 6.07) is 3.21. The number of hydrogen-bond acceptors (Lipinski definition) is 4. The van der Waals surface area contributed by atoms with Crippen molar-refractivity contribution in [1.82, 2.24) is 0 Å². The second kappa shape index (κ2) is 5.70. The minimum atomic E-state index is 0.441. The Balaban J connectivity index is 3.30. The summed E-state index contributed by atoms with van der Waals surface area (Å²) in [5.74, 6) is 0.992. The molecule has 0 N–H and O–H groups in total. The average molecular weight is 220 g/mol. The van der Waals surface area contributed by atoms with Gasteiger partial charge in [-0.25, -0.2) is 0 Å². The third-order valence-corrected chi connectivity index (χ3v) is 2.07. The number of methoxy groups -OCH3 is 2. The molecular formula is C12H12O4. The molecule has 0 aliphatic rings. The van der Waals surface area contributed by atoms with Crippen molar-refractivity contribution in [2.24, 2.45) is 0 Å². The second-order valence-electron chi connectivity index (χ2n) is 2.95. The molecule has 0 aliphatic carbocycles. The summed E-state index contributed by atoms with van der Waals surface area (Å²) >= 11 is 0. The van der Waals surface area contributed by atoms with E-state index in [1.54, 1.807) is 18.2 Å². The van der Waals surface area contributed by atoms with Crippen molar-refractivity contribution in [3.63, 3.8) is 0 Å². The first kappa shape index (κ1) is 12.0. The van der Waals surface area contributed by atoms with Gasteiger partial charge in [0.2, 0.25) is 0 Å². The Bertz CT molecular complexity index is 421. The van der Waals surface area contributed by atoms with Crippen LogP contribution in [0.5, 0.6) is 11.5 Å². The Hall–Kier alpha value is -2.10. The number of benzene rings is 1. The summed E-state index contributed by atoms with van der Waals surface area (Å²) in [5, 5.41) is 0. The topological polar surface area (TPSA) is 52.6 Å². The van der Waals surface area contributed by atoms with E-state index in [2.05, 4.69) is 0 Å². The third kappa shape index (κ3) is 2.48. The zero-order valence-electron chi connectivity index (χ0n) is 9.10. The number of hydrogen-bond donors (Lipinski definition) is 0. The quantitative estimate of drug-likeness (QED) is 0.560. The molecule has 0 saturated heterocycles. The highest BCUT2D eigenvalue weighted by molar-refractivity contribution is 5.86. The fourth-order valence-corrected chi connectivity index (χ4v) is 1.30. The van der Waals surface area contributed by atoms with Gasteiger partial charge < -0.3 is 9.47 Å². The average Bonchev–Trinajstić information content (AvgIpc) is 2.35. The maximum atomic E-state index is 10.8. The predicted octanol–water partition coefficient (Wildman–Crippen LogP) is 1.73. The van der Waals surface area contributed by atoms with Crippen LogP contribution in [0.3, 0.4) is 0 Å². The fourth-order valence-electron chi connectivity index (χ4n) is 1.30. The van der Waals surface area contributed by atoms with Crippen LogP contribution in [0.15, 0.2) is 18.2 Å². The van der Waals surface area contributed by atoms with Crippen molar-refractivity contribution >= 4 is 18.6 Å². The van der Waals surface area contributed by atoms with Crippen LogP contribution < -0.4 is 9.47 Å². The van der Waals surface area contributed by atoms with E-state index < -0.39 is 0 Å². The van der Waals surface area contributed by atoms with Gasteiger partial charge in [0.1, 0.15) is 6.29 Å². The lowest BCUT2D eigenvalue weighted by Gasteiger charge is -2.09. The van der Waals surface area contributed by atoms with Crippen LogP contribution in [0.25, 0.3) is 6.08 Å². The molecule has 84 valence electrons. The third-order valence-electron chi connectivity index (χ3n) is 2.07. The lowest BCUT2D eigenvalue weighted by molar-refractivity contribution is -0.104. The highest BCUT2D eigenvalue weighted by atomic mass is 16.5. The molecule has 0 unspecified atom stereocenters. The first-order chi connectivity index (χ1) is 7.76. The van der Waals surface area contributed by atoms with Crippen molar-refractivity contribution in [2.45, 2.75) is 0 Å². The molecule has 16 heavy (non-hydrogen) atoms. The van der Waals surface area contributed by atoms with Gasteiger partial charge in [-0.3, -0.25) is 9.59 Å². The van der Waals surface area contributed by atoms with E-state index in [0.29, 0.717) is 35.2 Å². The molecule has 4 heteroatoms. The maximum Gasteiger partial charge on any atom is 0.161 e. The molecule has 1 aromatic rings. The Morgan fingerprint density at radius 1 is 1.00 bits per heavy atom. The second-order valence-corrected chi connectivity index (χ2v) is 2.95. The molecular weight excluding hydrogens is 208 g/mol. The van der Waals surface area contributed by atoms with Gasteiger partial charge in [0.15, 0.2) is 17.8 Å². The van der Waals surface area contributed by atoms with Crippen LogP contribution in [-0.4, -0.2) is 26.8 Å². The zero-order valence-corrected chi connectivity index (χ0v) is 9.10. The Morgan fingerprint density at radius 2 is 1.56 bits per heavy atom. The number of aldehydes is 2. The summed E-state index contributed by atoms with van der Waals surface area (Å²) in [6.07, 6.45) is 4.20. The number of ether oxygens (including phenoxy) is 2. The van der Waals surface area contributed by atoms with Gasteiger partial charge in [-0.15, -0.1) is 0 Å². The van der Waals surface area contributed by atoms with E-state index in [1.165, 1.54) is 20.3 Å². The molecule has 1 aromatic carbocycles. The van der Waals surface area contributed by atoms with E-state index in [0.717, 1.165) is 0 Å². The van der Waals surface area contributed by atoms with Gasteiger partial charge in [-0.05, 0) is 23.8 Å². The molecule has 0 amide bonds. The molecule has 0 atom stereocenters. The Morgan fingerprint density at radius 3 is 2.00 bits per heavy atom. The van der Waals surface area contributed by atoms with E-state index in [1.807, 2.05) is 0 Å². The van der Waals surface area contributed by atoms with Crippen LogP contribution in [0, 0.1) is 0 Å². The number of rotatable bonds is 5. The molecule has 0 heterocycles. The summed E-state index contributed by atoms with van der Waals surface area (Å²) in [7, 11) is 3.00. The normalized spacial score (nSPS) is 10.1. The molecule has 0 bridgehead atoms. The SMILES string of the molecule is COc1cc(C=O)c(C=CC=O)cc1OC. The largest absolute Gasteiger partial charge is 0.493 e. The van der Waals surface area contributed by atoms with Crippen molar-refractivity contribution in [3.05, 3.63) is 29.3 Å². The zero-order chi connectivity index (χ0) is 12.0. The van der Waals surface area contributed by atoms with Gasteiger partial charge in [-0.1, -0.05) is 6.08 Å². The van der Waals surface area contributed by atoms with Crippen LogP contribution in [0.4, 0.5) is 0 Å². The Kier molecular flexibility index (Phi) is 4.27. The van der Waals surface area contributed by atoms with Crippen LogP contribution in [-0.2, 0) is 4.79 Å². The maximum absolute atomic E-state index is 10.8. The van der Waals surface area contributed by atoms with Crippen LogP contribution in [0.1, 0.15) is 15.9 Å². The summed E-state index contributed by atoms with van der Waals surface area (Å²) in [5.41, 5.74) is 1.05. The van der Waals surface area contributed by atoms with E-state index in [9.17, 15) is 9.59 Å². The molecule has 4 nitrogen and oxygen atoms in total. The highest BCUT2D eigenvalue weighted by Crippen LogP contribution is 2.30. The molecule has 0 aliphatic heterocycles. The molecule has 0 aromatic heterocycles. The van der Waals surface area contributed by atoms with Crippen LogP contribution in [0.2, 0.25) is 0 Å². The van der Waals surface area contributed by atoms with E-state index in [-0.39, 0.29) is 0 Å². The Labute approximate surface area is 93.5 Å². The smallest absolute Gasteiger partial charge is 0.161 e. The monoisotopic (exact) mass is 220 g/mol. The summed E-state index contributed by atoms with van der Waals surface area (Å²) in [4.78, 5) is 21.1. The minimum absolute atomic E-state index is 0.441. The molecule has 0 saturated carbocycles. The molecule has 0 radical (unpaired) electrons. The summed E-state index contributed by atoms with van der Waals surface area (Å²) in [6.45, 7) is 0. The van der Waals surface area contributed by atoms with Crippen LogP contribution >= 0.6 is 0 Å². The molecule has 0 fully saturated rings. The molecule has 0 spiro atoms. The standard InChI is InChI=1S/C12H12O4/c1-15-11-6-9(4-3-5-13)10(8-14)7-12(11)16-2/h3-8H,1-2H3. The highest BCUT2D eigenvalue weighted by Gasteiger charge is 2.08. The number of carbonyl (C=O) groups is 2. The van der Waals surface area contributed by atoms with Gasteiger partial charge in [0, 0.05) is 5.56 Å². The van der Waals surface area contributed by atoms with Gasteiger partial charge in [-0.2, -0.15) is 0 Å². The predicted molar refractivity (Wildman–Crippen MR) is 60.0 cm³/mol. The first-order valence-electron chi connectivity index (χ1n) is 4.59. The fraction of sp³-hybridized carbons (Fsp3) is 0.167. The minimum Gasteiger partial charge on any atom is -0.493 e. The van der Waals surface area contributed by atoms with Crippen molar-refractivity contribution in [2.75, 3.05) is 14.2 Å². The number of allylic oxidation sites excluding steroid dienone is 1. The van der Waals surface area contributed by atoms with Gasteiger partial charge in [0.25, 0.3) is 0 Å². The summed E-state index contributed by atoms with van der Waals surface area (Å²) < 4.78 is 10.2. The van der Waals surface area contributed by atoms with Crippen molar-refractivity contribution in [1.29, 1.82) is 0 Å². The lowest BCUT2D eigenvalue weighted by atomic mass is 10.1. The van der Waals surface area contributed by atoms with E-state index in [4.69, 9.17) is 9.47 Å². The van der Waals surface area contributed by atoms with Gasteiger partial charge in [0.05, 0.1) is 14.2 Å². The number of carbonyl (C=O) groups excluding carboxylic acids is 2. The molecule has 1 rings (SSSR count). The van der Waals surface area contributed by atoms with Crippen molar-refractivity contribution < 1.29 is 19.1 Å². The van der Waals surface area contributed by atoms with Gasteiger partial charge >= 0.3 is 0 Å². The van der Waals surface area contributed by atoms with E-state index >= 15 is 0 Å².